The molecule has 0 bridgehead atoms. The summed E-state index contributed by atoms with van der Waals surface area (Å²) in [6.07, 6.45) is 1.47. The van der Waals surface area contributed by atoms with Gasteiger partial charge in [-0.2, -0.15) is 0 Å². The second-order valence-corrected chi connectivity index (χ2v) is 14.2. The number of rotatable bonds is 8. The van der Waals surface area contributed by atoms with Crippen LogP contribution in [-0.4, -0.2) is 85.0 Å². The molecule has 3 fully saturated rings. The lowest BCUT2D eigenvalue weighted by molar-refractivity contribution is -0.194. The normalized spacial score (nSPS) is 42.0. The summed E-state index contributed by atoms with van der Waals surface area (Å²) >= 11 is 0. The maximum absolute atomic E-state index is 13.6. The predicted octanol–water partition coefficient (Wildman–Crippen LogP) is 1.97. The second kappa shape index (κ2) is 10.7. The number of ketones is 1. The molecule has 10 heteroatoms. The zero-order valence-corrected chi connectivity index (χ0v) is 25.2. The molecular weight excluding hydrogens is 532 g/mol. The standard InChI is InChI=1S/C31H48O10/c1-17(33)40-24-14-21-22(35)13-20-19(28(21,4)15-23(24)36)7-11-29(5)25(8-12-31(20,29)39)30(6,38)26(41-18(2)34)9-10-27(3,37)16-32/h13,19,21,23-26,32,36-39H,7-12,14-16H2,1-6H3/t19-,21-,23-,24+,25-,26+,27+,28+,29+,30+,31+/m0/s1. The maximum atomic E-state index is 13.6. The molecule has 0 saturated heterocycles. The first-order valence-corrected chi connectivity index (χ1v) is 14.9. The van der Waals surface area contributed by atoms with Gasteiger partial charge in [-0.25, -0.2) is 0 Å². The average molecular weight is 581 g/mol. The Hall–Kier alpha value is -1.85. The maximum Gasteiger partial charge on any atom is 0.303 e. The third-order valence-corrected chi connectivity index (χ3v) is 11.4. The van der Waals surface area contributed by atoms with Crippen LogP contribution in [0.2, 0.25) is 0 Å². The number of carbonyl (C=O) groups excluding carboxylic acids is 3. The third-order valence-electron chi connectivity index (χ3n) is 11.4. The van der Waals surface area contributed by atoms with Crippen LogP contribution in [0.3, 0.4) is 0 Å². The van der Waals surface area contributed by atoms with Gasteiger partial charge in [0.2, 0.25) is 0 Å². The summed E-state index contributed by atoms with van der Waals surface area (Å²) in [4.78, 5) is 37.3. The van der Waals surface area contributed by atoms with Gasteiger partial charge in [-0.3, -0.25) is 14.4 Å². The molecule has 0 unspecified atom stereocenters. The topological polar surface area (TPSA) is 171 Å². The first-order valence-electron chi connectivity index (χ1n) is 14.9. The second-order valence-electron chi connectivity index (χ2n) is 14.2. The molecular formula is C31H48O10. The molecule has 0 aromatic rings. The van der Waals surface area contributed by atoms with Gasteiger partial charge < -0.3 is 35.0 Å². The number of hydrogen-bond acceptors (Lipinski definition) is 10. The van der Waals surface area contributed by atoms with Gasteiger partial charge in [-0.1, -0.05) is 13.8 Å². The number of ether oxygens (including phenoxy) is 2. The number of aliphatic hydroxyl groups is 5. The van der Waals surface area contributed by atoms with Gasteiger partial charge >= 0.3 is 11.9 Å². The third kappa shape index (κ3) is 5.28. The highest BCUT2D eigenvalue weighted by Crippen LogP contribution is 2.68. The minimum Gasteiger partial charge on any atom is -0.460 e. The summed E-state index contributed by atoms with van der Waals surface area (Å²) in [7, 11) is 0. The highest BCUT2D eigenvalue weighted by atomic mass is 16.6. The van der Waals surface area contributed by atoms with Gasteiger partial charge in [-0.15, -0.1) is 0 Å². The molecule has 0 spiro atoms. The van der Waals surface area contributed by atoms with Crippen LogP contribution in [0.15, 0.2) is 11.6 Å². The summed E-state index contributed by atoms with van der Waals surface area (Å²) in [6, 6.07) is 0. The molecule has 41 heavy (non-hydrogen) atoms. The van der Waals surface area contributed by atoms with Crippen molar-refractivity contribution in [3.63, 3.8) is 0 Å². The summed E-state index contributed by atoms with van der Waals surface area (Å²) in [5.41, 5.74) is -5.24. The lowest BCUT2D eigenvalue weighted by Gasteiger charge is -2.60. The van der Waals surface area contributed by atoms with Crippen LogP contribution in [0, 0.1) is 28.6 Å². The zero-order valence-electron chi connectivity index (χ0n) is 25.2. The molecule has 5 N–H and O–H groups in total. The van der Waals surface area contributed by atoms with Gasteiger partial charge in [0.25, 0.3) is 0 Å². The van der Waals surface area contributed by atoms with Crippen LogP contribution >= 0.6 is 0 Å². The van der Waals surface area contributed by atoms with Crippen molar-refractivity contribution in [2.45, 2.75) is 128 Å². The van der Waals surface area contributed by atoms with Crippen molar-refractivity contribution in [3.05, 3.63) is 11.6 Å². The van der Waals surface area contributed by atoms with Crippen molar-refractivity contribution in [2.24, 2.45) is 28.6 Å². The van der Waals surface area contributed by atoms with E-state index in [0.29, 0.717) is 31.3 Å². The quantitative estimate of drug-likeness (QED) is 0.267. The average Bonchev–Trinajstić information content (AvgIpc) is 3.14. The lowest BCUT2D eigenvalue weighted by atomic mass is 9.45. The number of carbonyl (C=O) groups is 3. The van der Waals surface area contributed by atoms with Gasteiger partial charge in [-0.05, 0) is 94.1 Å². The van der Waals surface area contributed by atoms with Gasteiger partial charge in [0, 0.05) is 25.2 Å². The molecule has 4 aliphatic rings. The first kappa shape index (κ1) is 32.1. The van der Waals surface area contributed by atoms with Crippen LogP contribution in [0.5, 0.6) is 0 Å². The van der Waals surface area contributed by atoms with E-state index in [1.807, 2.05) is 13.8 Å². The fraction of sp³-hybridized carbons (Fsp3) is 0.839. The summed E-state index contributed by atoms with van der Waals surface area (Å²) < 4.78 is 10.9. The predicted molar refractivity (Wildman–Crippen MR) is 147 cm³/mol. The van der Waals surface area contributed by atoms with Crippen molar-refractivity contribution >= 4 is 17.7 Å². The van der Waals surface area contributed by atoms with Gasteiger partial charge in [0.05, 0.1) is 23.9 Å². The minimum atomic E-state index is -1.58. The molecule has 4 aliphatic carbocycles. The highest BCUT2D eigenvalue weighted by molar-refractivity contribution is 5.95. The molecule has 4 rings (SSSR count). The van der Waals surface area contributed by atoms with Crippen molar-refractivity contribution in [2.75, 3.05) is 6.61 Å². The van der Waals surface area contributed by atoms with E-state index in [9.17, 15) is 39.9 Å². The number of esters is 2. The van der Waals surface area contributed by atoms with E-state index in [1.165, 1.54) is 20.8 Å². The van der Waals surface area contributed by atoms with E-state index in [4.69, 9.17) is 9.47 Å². The number of fused-ring (bicyclic) bond motifs is 5. The van der Waals surface area contributed by atoms with E-state index >= 15 is 0 Å². The molecule has 10 nitrogen and oxygen atoms in total. The molecule has 3 saturated carbocycles. The number of aliphatic hydroxyl groups excluding tert-OH is 2. The Kier molecular flexibility index (Phi) is 8.37. The Balaban J connectivity index is 1.67. The van der Waals surface area contributed by atoms with Crippen molar-refractivity contribution in [1.29, 1.82) is 0 Å². The van der Waals surface area contributed by atoms with Crippen LogP contribution in [0.4, 0.5) is 0 Å². The monoisotopic (exact) mass is 580 g/mol. The van der Waals surface area contributed by atoms with E-state index in [-0.39, 0.29) is 37.4 Å². The fourth-order valence-corrected chi connectivity index (χ4v) is 9.05. The Bertz CT molecular complexity index is 1100. The van der Waals surface area contributed by atoms with Crippen LogP contribution < -0.4 is 0 Å². The zero-order chi connectivity index (χ0) is 30.8. The largest absolute Gasteiger partial charge is 0.460 e. The fourth-order valence-electron chi connectivity index (χ4n) is 9.05. The smallest absolute Gasteiger partial charge is 0.303 e. The lowest BCUT2D eigenvalue weighted by Crippen LogP contribution is -2.63. The molecule has 0 aliphatic heterocycles. The van der Waals surface area contributed by atoms with Crippen molar-refractivity contribution in [1.82, 2.24) is 0 Å². The SMILES string of the molecule is CC(=O)O[C@@H]1C[C@H]2C(=O)C=C3[C@H](CC[C@]4(C)[C@@H]([C@@](C)(O)[C@@H](CC[C@@](C)(O)CO)OC(C)=O)CC[C@@]34O)[C@@]2(C)C[C@@H]1O. The van der Waals surface area contributed by atoms with Crippen molar-refractivity contribution < 1.29 is 49.4 Å². The molecule has 0 aromatic heterocycles. The minimum absolute atomic E-state index is 0.0867. The van der Waals surface area contributed by atoms with E-state index in [2.05, 4.69) is 0 Å². The Morgan fingerprint density at radius 2 is 1.76 bits per heavy atom. The van der Waals surface area contributed by atoms with E-state index in [1.54, 1.807) is 13.0 Å². The molecule has 0 heterocycles. The highest BCUT2D eigenvalue weighted by Gasteiger charge is 2.69. The summed E-state index contributed by atoms with van der Waals surface area (Å²) in [5.74, 6) is -2.37. The van der Waals surface area contributed by atoms with Crippen LogP contribution in [0.1, 0.15) is 92.9 Å². The Morgan fingerprint density at radius 1 is 1.10 bits per heavy atom. The Labute approximate surface area is 242 Å². The van der Waals surface area contributed by atoms with Gasteiger partial charge in [0.1, 0.15) is 17.8 Å². The first-order chi connectivity index (χ1) is 18.8. The Morgan fingerprint density at radius 3 is 2.34 bits per heavy atom. The van der Waals surface area contributed by atoms with E-state index in [0.717, 1.165) is 0 Å². The van der Waals surface area contributed by atoms with Crippen LogP contribution in [0.25, 0.3) is 0 Å². The molecule has 0 amide bonds. The molecule has 0 aromatic carbocycles. The molecule has 11 atom stereocenters. The number of hydrogen-bond donors (Lipinski definition) is 5. The summed E-state index contributed by atoms with van der Waals surface area (Å²) in [5, 5.41) is 55.3. The number of allylic oxidation sites excluding steroid dienone is 1. The summed E-state index contributed by atoms with van der Waals surface area (Å²) in [6.45, 7) is 9.04. The van der Waals surface area contributed by atoms with E-state index < -0.39 is 76.3 Å². The van der Waals surface area contributed by atoms with Gasteiger partial charge in [0.15, 0.2) is 5.78 Å². The molecule has 232 valence electrons. The molecule has 0 radical (unpaired) electrons. The van der Waals surface area contributed by atoms with Crippen molar-refractivity contribution in [3.8, 4) is 0 Å². The van der Waals surface area contributed by atoms with Crippen LogP contribution in [-0.2, 0) is 23.9 Å².